The van der Waals surface area contributed by atoms with Gasteiger partial charge in [-0.15, -0.1) is 0 Å². The van der Waals surface area contributed by atoms with Crippen LogP contribution in [0.25, 0.3) is 0 Å². The molecule has 0 aliphatic heterocycles. The number of esters is 1. The lowest BCUT2D eigenvalue weighted by Gasteiger charge is -2.20. The highest BCUT2D eigenvalue weighted by atomic mass is 16.6. The number of methoxy groups -OCH3 is 1. The molecule has 1 aromatic rings. The Morgan fingerprint density at radius 3 is 2.67 bits per heavy atom. The molecule has 0 bridgehead atoms. The molecule has 1 aromatic carbocycles. The summed E-state index contributed by atoms with van der Waals surface area (Å²) in [6, 6.07) is 4.77. The van der Waals surface area contributed by atoms with Crippen molar-refractivity contribution in [3.05, 3.63) is 23.8 Å². The molecule has 0 heterocycles. The molecular formula is C17H22O4. The first-order valence-electron chi connectivity index (χ1n) is 7.57. The SMILES string of the molecule is COc1cc(C=O)ccc1OC(=O)CCC1CCCCC1. The van der Waals surface area contributed by atoms with Crippen LogP contribution in [0, 0.1) is 5.92 Å². The van der Waals surface area contributed by atoms with E-state index >= 15 is 0 Å². The van der Waals surface area contributed by atoms with Gasteiger partial charge in [0, 0.05) is 12.0 Å². The van der Waals surface area contributed by atoms with Crippen LogP contribution in [-0.2, 0) is 4.79 Å². The molecule has 0 aromatic heterocycles. The molecule has 1 saturated carbocycles. The maximum Gasteiger partial charge on any atom is 0.311 e. The first kappa shape index (κ1) is 15.5. The number of rotatable bonds is 6. The third-order valence-corrected chi connectivity index (χ3v) is 4.03. The van der Waals surface area contributed by atoms with Gasteiger partial charge in [0.2, 0.25) is 0 Å². The summed E-state index contributed by atoms with van der Waals surface area (Å²) in [6.07, 6.45) is 8.39. The van der Waals surface area contributed by atoms with Crippen molar-refractivity contribution in [3.63, 3.8) is 0 Å². The molecule has 0 spiro atoms. The van der Waals surface area contributed by atoms with Crippen molar-refractivity contribution in [2.24, 2.45) is 5.92 Å². The smallest absolute Gasteiger partial charge is 0.311 e. The van der Waals surface area contributed by atoms with Crippen molar-refractivity contribution < 1.29 is 19.1 Å². The molecule has 1 fully saturated rings. The van der Waals surface area contributed by atoms with E-state index < -0.39 is 0 Å². The normalized spacial score (nSPS) is 15.5. The van der Waals surface area contributed by atoms with Gasteiger partial charge in [0.25, 0.3) is 0 Å². The molecular weight excluding hydrogens is 268 g/mol. The van der Waals surface area contributed by atoms with Gasteiger partial charge in [0.05, 0.1) is 7.11 Å². The van der Waals surface area contributed by atoms with Gasteiger partial charge in [0.15, 0.2) is 11.5 Å². The van der Waals surface area contributed by atoms with Crippen LogP contribution in [0.15, 0.2) is 18.2 Å². The van der Waals surface area contributed by atoms with Crippen molar-refractivity contribution in [2.45, 2.75) is 44.9 Å². The first-order valence-corrected chi connectivity index (χ1v) is 7.57. The highest BCUT2D eigenvalue weighted by molar-refractivity contribution is 5.78. The molecule has 1 aliphatic carbocycles. The zero-order valence-electron chi connectivity index (χ0n) is 12.5. The predicted octanol–water partition coefficient (Wildman–Crippen LogP) is 3.77. The number of aldehydes is 1. The van der Waals surface area contributed by atoms with E-state index in [4.69, 9.17) is 9.47 Å². The van der Waals surface area contributed by atoms with E-state index in [0.717, 1.165) is 12.7 Å². The predicted molar refractivity (Wildman–Crippen MR) is 79.8 cm³/mol. The number of carbonyl (C=O) groups is 2. The standard InChI is InChI=1S/C17H22O4/c1-20-16-11-14(12-18)7-9-15(16)21-17(19)10-8-13-5-3-2-4-6-13/h7,9,11-13H,2-6,8,10H2,1H3. The first-order chi connectivity index (χ1) is 10.2. The molecule has 1 aliphatic rings. The maximum atomic E-state index is 11.9. The van der Waals surface area contributed by atoms with Gasteiger partial charge in [-0.3, -0.25) is 9.59 Å². The lowest BCUT2D eigenvalue weighted by atomic mass is 9.86. The quantitative estimate of drug-likeness (QED) is 0.454. The number of hydrogen-bond donors (Lipinski definition) is 0. The van der Waals surface area contributed by atoms with Crippen molar-refractivity contribution in [1.82, 2.24) is 0 Å². The molecule has 0 radical (unpaired) electrons. The van der Waals surface area contributed by atoms with Gasteiger partial charge in [-0.1, -0.05) is 32.1 Å². The Balaban J connectivity index is 1.88. The van der Waals surface area contributed by atoms with Crippen LogP contribution in [0.2, 0.25) is 0 Å². The molecule has 0 unspecified atom stereocenters. The van der Waals surface area contributed by atoms with Crippen LogP contribution < -0.4 is 9.47 Å². The van der Waals surface area contributed by atoms with E-state index in [1.165, 1.54) is 39.2 Å². The minimum absolute atomic E-state index is 0.238. The maximum absolute atomic E-state index is 11.9. The Hall–Kier alpha value is -1.84. The van der Waals surface area contributed by atoms with Gasteiger partial charge in [0.1, 0.15) is 6.29 Å². The second kappa shape index (κ2) is 7.81. The van der Waals surface area contributed by atoms with E-state index in [-0.39, 0.29) is 5.97 Å². The van der Waals surface area contributed by atoms with Crippen molar-refractivity contribution in [2.75, 3.05) is 7.11 Å². The van der Waals surface area contributed by atoms with E-state index in [2.05, 4.69) is 0 Å². The minimum atomic E-state index is -0.238. The molecule has 0 saturated heterocycles. The van der Waals surface area contributed by atoms with Crippen molar-refractivity contribution in [3.8, 4) is 11.5 Å². The van der Waals surface area contributed by atoms with E-state index in [0.29, 0.717) is 29.4 Å². The Morgan fingerprint density at radius 1 is 1.24 bits per heavy atom. The molecule has 114 valence electrons. The van der Waals surface area contributed by atoms with Gasteiger partial charge >= 0.3 is 5.97 Å². The monoisotopic (exact) mass is 290 g/mol. The third-order valence-electron chi connectivity index (χ3n) is 4.03. The summed E-state index contributed by atoms with van der Waals surface area (Å²) in [5.74, 6) is 1.20. The van der Waals surface area contributed by atoms with Gasteiger partial charge in [-0.05, 0) is 30.5 Å². The van der Waals surface area contributed by atoms with Crippen LogP contribution in [0.1, 0.15) is 55.3 Å². The fourth-order valence-corrected chi connectivity index (χ4v) is 2.81. The highest BCUT2D eigenvalue weighted by Crippen LogP contribution is 2.30. The molecule has 2 rings (SSSR count). The van der Waals surface area contributed by atoms with Gasteiger partial charge in [-0.25, -0.2) is 0 Å². The number of ether oxygens (including phenoxy) is 2. The van der Waals surface area contributed by atoms with Crippen LogP contribution in [0.3, 0.4) is 0 Å². The number of hydrogen-bond acceptors (Lipinski definition) is 4. The molecule has 0 N–H and O–H groups in total. The average molecular weight is 290 g/mol. The Kier molecular flexibility index (Phi) is 5.78. The fraction of sp³-hybridized carbons (Fsp3) is 0.529. The third kappa shape index (κ3) is 4.59. The Morgan fingerprint density at radius 2 is 2.00 bits per heavy atom. The summed E-state index contributed by atoms with van der Waals surface area (Å²) < 4.78 is 10.5. The van der Waals surface area contributed by atoms with Gasteiger partial charge < -0.3 is 9.47 Å². The van der Waals surface area contributed by atoms with E-state index in [9.17, 15) is 9.59 Å². The summed E-state index contributed by atoms with van der Waals surface area (Å²) in [5, 5.41) is 0. The summed E-state index contributed by atoms with van der Waals surface area (Å²) in [6.45, 7) is 0. The zero-order chi connectivity index (χ0) is 15.1. The minimum Gasteiger partial charge on any atom is -0.493 e. The molecule has 21 heavy (non-hydrogen) atoms. The van der Waals surface area contributed by atoms with Crippen LogP contribution in [0.4, 0.5) is 0 Å². The summed E-state index contributed by atoms with van der Waals surface area (Å²) in [7, 11) is 1.49. The highest BCUT2D eigenvalue weighted by Gasteiger charge is 2.16. The lowest BCUT2D eigenvalue weighted by molar-refractivity contribution is -0.134. The van der Waals surface area contributed by atoms with E-state index in [1.54, 1.807) is 18.2 Å². The second-order valence-corrected chi connectivity index (χ2v) is 5.54. The number of benzene rings is 1. The van der Waals surface area contributed by atoms with Crippen LogP contribution in [0.5, 0.6) is 11.5 Å². The summed E-state index contributed by atoms with van der Waals surface area (Å²) in [4.78, 5) is 22.7. The van der Waals surface area contributed by atoms with Crippen LogP contribution in [-0.4, -0.2) is 19.4 Å². The van der Waals surface area contributed by atoms with Gasteiger partial charge in [-0.2, -0.15) is 0 Å². The second-order valence-electron chi connectivity index (χ2n) is 5.54. The molecule has 4 heteroatoms. The van der Waals surface area contributed by atoms with Crippen LogP contribution >= 0.6 is 0 Å². The molecule has 4 nitrogen and oxygen atoms in total. The average Bonchev–Trinajstić information content (AvgIpc) is 2.54. The Bertz CT molecular complexity index is 490. The Labute approximate surface area is 125 Å². The largest absolute Gasteiger partial charge is 0.493 e. The zero-order valence-corrected chi connectivity index (χ0v) is 12.5. The summed E-state index contributed by atoms with van der Waals surface area (Å²) in [5.41, 5.74) is 0.494. The molecule has 0 atom stereocenters. The van der Waals surface area contributed by atoms with Crippen molar-refractivity contribution in [1.29, 1.82) is 0 Å². The topological polar surface area (TPSA) is 52.6 Å². The van der Waals surface area contributed by atoms with E-state index in [1.807, 2.05) is 0 Å². The fourth-order valence-electron chi connectivity index (χ4n) is 2.81. The lowest BCUT2D eigenvalue weighted by Crippen LogP contribution is -2.13. The van der Waals surface area contributed by atoms with Crippen molar-refractivity contribution >= 4 is 12.3 Å². The summed E-state index contributed by atoms with van der Waals surface area (Å²) >= 11 is 0. The molecule has 0 amide bonds. The number of carbonyl (C=O) groups excluding carboxylic acids is 2.